The van der Waals surface area contributed by atoms with Crippen LogP contribution in [0.1, 0.15) is 12.0 Å². The van der Waals surface area contributed by atoms with Crippen molar-refractivity contribution in [2.45, 2.75) is 13.0 Å². The minimum Gasteiger partial charge on any atom is -0.493 e. The van der Waals surface area contributed by atoms with E-state index in [1.807, 2.05) is 12.1 Å². The number of fused-ring (bicyclic) bond motifs is 1. The molecular formula is C10H12BrNO. The topological polar surface area (TPSA) is 21.3 Å². The van der Waals surface area contributed by atoms with Gasteiger partial charge in [0.1, 0.15) is 5.75 Å². The summed E-state index contributed by atoms with van der Waals surface area (Å²) in [5.41, 5.74) is 1.24. The van der Waals surface area contributed by atoms with E-state index in [4.69, 9.17) is 4.74 Å². The molecule has 2 rings (SSSR count). The monoisotopic (exact) mass is 241 g/mol. The molecule has 2 nitrogen and oxygen atoms in total. The molecule has 1 aromatic rings. The van der Waals surface area contributed by atoms with Gasteiger partial charge >= 0.3 is 0 Å². The van der Waals surface area contributed by atoms with Crippen molar-refractivity contribution in [3.8, 4) is 5.75 Å². The largest absolute Gasteiger partial charge is 0.493 e. The Morgan fingerprint density at radius 1 is 1.38 bits per heavy atom. The number of rotatable bonds is 0. The second-order valence-corrected chi connectivity index (χ2v) is 4.05. The van der Waals surface area contributed by atoms with Gasteiger partial charge in [-0.05, 0) is 25.1 Å². The molecule has 1 N–H and O–H groups in total. The van der Waals surface area contributed by atoms with E-state index in [9.17, 15) is 0 Å². The Kier molecular flexibility index (Phi) is 2.86. The van der Waals surface area contributed by atoms with Crippen molar-refractivity contribution in [2.24, 2.45) is 0 Å². The molecule has 0 atom stereocenters. The van der Waals surface area contributed by atoms with Gasteiger partial charge in [-0.2, -0.15) is 0 Å². The molecule has 0 saturated carbocycles. The fraction of sp³-hybridized carbons (Fsp3) is 0.400. The van der Waals surface area contributed by atoms with Crippen molar-refractivity contribution >= 4 is 15.9 Å². The Balaban J connectivity index is 2.28. The SMILES string of the molecule is Brc1ccc2c(c1)OCCCNC2. The number of benzene rings is 1. The third kappa shape index (κ3) is 2.23. The van der Waals surface area contributed by atoms with E-state index in [2.05, 4.69) is 27.3 Å². The molecule has 0 amide bonds. The summed E-state index contributed by atoms with van der Waals surface area (Å²) in [6, 6.07) is 6.17. The van der Waals surface area contributed by atoms with Crippen molar-refractivity contribution in [3.63, 3.8) is 0 Å². The van der Waals surface area contributed by atoms with E-state index in [0.717, 1.165) is 36.3 Å². The lowest BCUT2D eigenvalue weighted by Crippen LogP contribution is -2.20. The quantitative estimate of drug-likeness (QED) is 0.753. The zero-order valence-electron chi connectivity index (χ0n) is 7.35. The second-order valence-electron chi connectivity index (χ2n) is 3.13. The average Bonchev–Trinajstić information content (AvgIpc) is 2.08. The molecule has 1 aromatic carbocycles. The van der Waals surface area contributed by atoms with Crippen molar-refractivity contribution in [1.82, 2.24) is 5.32 Å². The lowest BCUT2D eigenvalue weighted by molar-refractivity contribution is 0.295. The van der Waals surface area contributed by atoms with Crippen LogP contribution in [0.25, 0.3) is 0 Å². The Labute approximate surface area is 86.4 Å². The highest BCUT2D eigenvalue weighted by molar-refractivity contribution is 9.10. The highest BCUT2D eigenvalue weighted by Crippen LogP contribution is 2.24. The highest BCUT2D eigenvalue weighted by Gasteiger charge is 2.06. The van der Waals surface area contributed by atoms with Crippen LogP contribution >= 0.6 is 15.9 Å². The van der Waals surface area contributed by atoms with Gasteiger partial charge in [-0.15, -0.1) is 0 Å². The lowest BCUT2D eigenvalue weighted by Gasteiger charge is -2.16. The molecule has 0 radical (unpaired) electrons. The molecule has 1 aliphatic rings. The van der Waals surface area contributed by atoms with Crippen LogP contribution in [0.15, 0.2) is 22.7 Å². The molecule has 0 aromatic heterocycles. The van der Waals surface area contributed by atoms with Crippen LogP contribution in [-0.2, 0) is 6.54 Å². The highest BCUT2D eigenvalue weighted by atomic mass is 79.9. The first-order valence-electron chi connectivity index (χ1n) is 4.48. The van der Waals surface area contributed by atoms with Gasteiger partial charge in [-0.3, -0.25) is 0 Å². The number of nitrogens with one attached hydrogen (secondary N) is 1. The molecule has 1 aliphatic heterocycles. The molecule has 0 aliphatic carbocycles. The van der Waals surface area contributed by atoms with E-state index < -0.39 is 0 Å². The van der Waals surface area contributed by atoms with Gasteiger partial charge < -0.3 is 10.1 Å². The average molecular weight is 242 g/mol. The molecular weight excluding hydrogens is 230 g/mol. The van der Waals surface area contributed by atoms with Crippen LogP contribution < -0.4 is 10.1 Å². The van der Waals surface area contributed by atoms with Crippen molar-refractivity contribution in [1.29, 1.82) is 0 Å². The Morgan fingerprint density at radius 2 is 2.31 bits per heavy atom. The minimum atomic E-state index is 0.802. The van der Waals surface area contributed by atoms with Crippen molar-refractivity contribution in [3.05, 3.63) is 28.2 Å². The second kappa shape index (κ2) is 4.11. The van der Waals surface area contributed by atoms with Crippen LogP contribution in [0.5, 0.6) is 5.75 Å². The van der Waals surface area contributed by atoms with E-state index in [1.54, 1.807) is 0 Å². The zero-order valence-corrected chi connectivity index (χ0v) is 8.93. The summed E-state index contributed by atoms with van der Waals surface area (Å²) in [5.74, 6) is 1.00. The fourth-order valence-electron chi connectivity index (χ4n) is 1.41. The summed E-state index contributed by atoms with van der Waals surface area (Å²) in [7, 11) is 0. The predicted octanol–water partition coefficient (Wildman–Crippen LogP) is 2.32. The summed E-state index contributed by atoms with van der Waals surface area (Å²) >= 11 is 3.44. The predicted molar refractivity (Wildman–Crippen MR) is 56.0 cm³/mol. The van der Waals surface area contributed by atoms with Gasteiger partial charge in [0.25, 0.3) is 0 Å². The third-order valence-electron chi connectivity index (χ3n) is 2.10. The third-order valence-corrected chi connectivity index (χ3v) is 2.59. The molecule has 0 fully saturated rings. The van der Waals surface area contributed by atoms with E-state index in [0.29, 0.717) is 0 Å². The zero-order chi connectivity index (χ0) is 9.10. The maximum atomic E-state index is 5.64. The standard InChI is InChI=1S/C10H12BrNO/c11-9-3-2-8-7-12-4-1-5-13-10(8)6-9/h2-3,6,12H,1,4-5,7H2. The summed E-state index contributed by atoms with van der Waals surface area (Å²) in [5, 5.41) is 3.37. The summed E-state index contributed by atoms with van der Waals surface area (Å²) in [6.07, 6.45) is 1.08. The first-order valence-corrected chi connectivity index (χ1v) is 5.27. The van der Waals surface area contributed by atoms with Gasteiger partial charge in [0.05, 0.1) is 6.61 Å². The van der Waals surface area contributed by atoms with Crippen LogP contribution in [0.3, 0.4) is 0 Å². The fourth-order valence-corrected chi connectivity index (χ4v) is 1.75. The molecule has 70 valence electrons. The van der Waals surface area contributed by atoms with E-state index >= 15 is 0 Å². The molecule has 0 saturated heterocycles. The molecule has 0 unspecified atom stereocenters. The number of hydrogen-bond donors (Lipinski definition) is 1. The van der Waals surface area contributed by atoms with E-state index in [1.165, 1.54) is 5.56 Å². The normalized spacial score (nSPS) is 16.7. The summed E-state index contributed by atoms with van der Waals surface area (Å²) < 4.78 is 6.72. The molecule has 1 heterocycles. The summed E-state index contributed by atoms with van der Waals surface area (Å²) in [4.78, 5) is 0. The maximum Gasteiger partial charge on any atom is 0.124 e. The van der Waals surface area contributed by atoms with Crippen LogP contribution in [0.4, 0.5) is 0 Å². The lowest BCUT2D eigenvalue weighted by atomic mass is 10.2. The Bertz CT molecular complexity index is 301. The van der Waals surface area contributed by atoms with Gasteiger partial charge in [-0.1, -0.05) is 22.0 Å². The number of ether oxygens (including phenoxy) is 1. The molecule has 3 heteroatoms. The van der Waals surface area contributed by atoms with Gasteiger partial charge in [0, 0.05) is 16.6 Å². The van der Waals surface area contributed by atoms with Crippen molar-refractivity contribution < 1.29 is 4.74 Å². The molecule has 13 heavy (non-hydrogen) atoms. The first-order chi connectivity index (χ1) is 6.36. The van der Waals surface area contributed by atoms with Crippen LogP contribution in [-0.4, -0.2) is 13.2 Å². The van der Waals surface area contributed by atoms with E-state index in [-0.39, 0.29) is 0 Å². The Hall–Kier alpha value is -0.540. The van der Waals surface area contributed by atoms with Gasteiger partial charge in [0.15, 0.2) is 0 Å². The molecule has 0 bridgehead atoms. The van der Waals surface area contributed by atoms with Crippen LogP contribution in [0, 0.1) is 0 Å². The van der Waals surface area contributed by atoms with Crippen LogP contribution in [0.2, 0.25) is 0 Å². The first kappa shape index (κ1) is 9.03. The van der Waals surface area contributed by atoms with Gasteiger partial charge in [-0.25, -0.2) is 0 Å². The minimum absolute atomic E-state index is 0.802. The van der Waals surface area contributed by atoms with Gasteiger partial charge in [0.2, 0.25) is 0 Å². The summed E-state index contributed by atoms with van der Waals surface area (Å²) in [6.45, 7) is 2.74. The van der Waals surface area contributed by atoms with Crippen molar-refractivity contribution in [2.75, 3.05) is 13.2 Å². The molecule has 0 spiro atoms. The smallest absolute Gasteiger partial charge is 0.124 e. The maximum absolute atomic E-state index is 5.64. The Morgan fingerprint density at radius 3 is 3.23 bits per heavy atom. The number of hydrogen-bond acceptors (Lipinski definition) is 2. The number of halogens is 1.